The normalized spacial score (nSPS) is 14.4. The number of hydrogen-bond donors (Lipinski definition) is 1. The van der Waals surface area contributed by atoms with Crippen LogP contribution in [0.25, 0.3) is 0 Å². The van der Waals surface area contributed by atoms with Gasteiger partial charge in [-0.2, -0.15) is 5.10 Å². The van der Waals surface area contributed by atoms with Crippen molar-refractivity contribution in [3.63, 3.8) is 0 Å². The Kier molecular flexibility index (Phi) is 4.69. The third-order valence-corrected chi connectivity index (χ3v) is 3.00. The number of aryl methyl sites for hydroxylation is 1. The Labute approximate surface area is 103 Å². The lowest BCUT2D eigenvalue weighted by Gasteiger charge is -2.25. The fraction of sp³-hybridized carbons (Fsp3) is 0.667. The van der Waals surface area contributed by atoms with Crippen molar-refractivity contribution in [1.82, 2.24) is 14.7 Å². The third-order valence-electron chi connectivity index (χ3n) is 3.00. The van der Waals surface area contributed by atoms with Crippen molar-refractivity contribution < 1.29 is 4.79 Å². The van der Waals surface area contributed by atoms with Crippen molar-refractivity contribution in [2.24, 2.45) is 18.7 Å². The van der Waals surface area contributed by atoms with E-state index < -0.39 is 0 Å². The molecule has 1 heterocycles. The van der Waals surface area contributed by atoms with Gasteiger partial charge in [-0.3, -0.25) is 9.48 Å². The highest BCUT2D eigenvalue weighted by atomic mass is 16.2. The van der Waals surface area contributed by atoms with E-state index >= 15 is 0 Å². The molecule has 5 nitrogen and oxygen atoms in total. The molecule has 2 atom stereocenters. The number of aromatic nitrogens is 2. The van der Waals surface area contributed by atoms with Crippen LogP contribution in [-0.4, -0.2) is 33.2 Å². The van der Waals surface area contributed by atoms with Gasteiger partial charge in [0.15, 0.2) is 0 Å². The summed E-state index contributed by atoms with van der Waals surface area (Å²) < 4.78 is 1.74. The molecule has 0 aliphatic heterocycles. The Hall–Kier alpha value is -1.36. The maximum atomic E-state index is 12.1. The molecule has 5 heteroatoms. The lowest BCUT2D eigenvalue weighted by molar-refractivity contribution is -0.135. The van der Waals surface area contributed by atoms with Crippen LogP contribution in [0.1, 0.15) is 26.3 Å². The monoisotopic (exact) mass is 238 g/mol. The second kappa shape index (κ2) is 5.82. The zero-order valence-electron chi connectivity index (χ0n) is 11.1. The number of nitrogens with two attached hydrogens (primary N) is 1. The molecule has 0 aromatic carbocycles. The van der Waals surface area contributed by atoms with Crippen LogP contribution in [0.3, 0.4) is 0 Å². The lowest BCUT2D eigenvalue weighted by Crippen LogP contribution is -2.41. The molecule has 0 saturated heterocycles. The summed E-state index contributed by atoms with van der Waals surface area (Å²) in [6.45, 7) is 6.99. The topological polar surface area (TPSA) is 64.2 Å². The maximum Gasteiger partial charge on any atom is 0.227 e. The minimum Gasteiger partial charge on any atom is -0.338 e. The summed E-state index contributed by atoms with van der Waals surface area (Å²) >= 11 is 0. The van der Waals surface area contributed by atoms with Crippen LogP contribution >= 0.6 is 0 Å². The van der Waals surface area contributed by atoms with Crippen molar-refractivity contribution >= 4 is 5.91 Å². The van der Waals surface area contributed by atoms with E-state index in [0.29, 0.717) is 13.1 Å². The van der Waals surface area contributed by atoms with E-state index in [1.807, 2.05) is 38.9 Å². The number of nitrogens with zero attached hydrogens (tertiary/aromatic N) is 3. The van der Waals surface area contributed by atoms with Gasteiger partial charge in [0.25, 0.3) is 0 Å². The molecule has 0 aliphatic carbocycles. The Balaban J connectivity index is 2.68. The first-order valence-electron chi connectivity index (χ1n) is 5.97. The molecule has 0 fully saturated rings. The van der Waals surface area contributed by atoms with Gasteiger partial charge in [0.2, 0.25) is 5.91 Å². The van der Waals surface area contributed by atoms with Crippen molar-refractivity contribution in [1.29, 1.82) is 0 Å². The fourth-order valence-corrected chi connectivity index (χ4v) is 1.63. The predicted molar refractivity (Wildman–Crippen MR) is 67.1 cm³/mol. The lowest BCUT2D eigenvalue weighted by atomic mass is 10.0. The van der Waals surface area contributed by atoms with Gasteiger partial charge in [-0.1, -0.05) is 6.92 Å². The summed E-state index contributed by atoms with van der Waals surface area (Å²) in [4.78, 5) is 14.0. The van der Waals surface area contributed by atoms with Gasteiger partial charge in [0.05, 0.1) is 12.1 Å². The molecular weight excluding hydrogens is 216 g/mol. The minimum atomic E-state index is -0.147. The van der Waals surface area contributed by atoms with E-state index in [1.165, 1.54) is 0 Å². The van der Waals surface area contributed by atoms with Crippen molar-refractivity contribution in [3.05, 3.63) is 18.0 Å². The van der Waals surface area contributed by atoms with E-state index in [1.54, 1.807) is 10.9 Å². The van der Waals surface area contributed by atoms with Gasteiger partial charge in [-0.05, 0) is 13.8 Å². The molecule has 17 heavy (non-hydrogen) atoms. The smallest absolute Gasteiger partial charge is 0.227 e. The van der Waals surface area contributed by atoms with E-state index in [9.17, 15) is 4.79 Å². The van der Waals surface area contributed by atoms with E-state index in [4.69, 9.17) is 5.73 Å². The molecular formula is C12H22N4O. The summed E-state index contributed by atoms with van der Waals surface area (Å²) in [5, 5.41) is 4.10. The SMILES string of the molecule is CCN(Cc1cnn(C)c1)C(=O)C(C)C(C)N. The van der Waals surface area contributed by atoms with Crippen molar-refractivity contribution in [3.8, 4) is 0 Å². The molecule has 96 valence electrons. The number of carbonyl (C=O) groups is 1. The first-order chi connectivity index (χ1) is 7.95. The third kappa shape index (κ3) is 3.56. The molecule has 0 spiro atoms. The summed E-state index contributed by atoms with van der Waals surface area (Å²) in [6, 6.07) is -0.120. The van der Waals surface area contributed by atoms with E-state index in [0.717, 1.165) is 5.56 Å². The van der Waals surface area contributed by atoms with E-state index in [2.05, 4.69) is 5.10 Å². The molecule has 2 unspecified atom stereocenters. The Morgan fingerprint density at radius 2 is 2.24 bits per heavy atom. The second-order valence-electron chi connectivity index (χ2n) is 4.52. The first kappa shape index (κ1) is 13.7. The number of rotatable bonds is 5. The van der Waals surface area contributed by atoms with Crippen molar-refractivity contribution in [2.75, 3.05) is 6.54 Å². The highest BCUT2D eigenvalue weighted by molar-refractivity contribution is 5.79. The fourth-order valence-electron chi connectivity index (χ4n) is 1.63. The van der Waals surface area contributed by atoms with Crippen LogP contribution in [0.2, 0.25) is 0 Å². The summed E-state index contributed by atoms with van der Waals surface area (Å²) in [7, 11) is 1.87. The van der Waals surface area contributed by atoms with Gasteiger partial charge < -0.3 is 10.6 Å². The maximum absolute atomic E-state index is 12.1. The Bertz CT molecular complexity index is 372. The van der Waals surface area contributed by atoms with Crippen LogP contribution in [0.5, 0.6) is 0 Å². The summed E-state index contributed by atoms with van der Waals surface area (Å²) in [5.41, 5.74) is 6.80. The molecule has 1 aromatic heterocycles. The number of hydrogen-bond acceptors (Lipinski definition) is 3. The quantitative estimate of drug-likeness (QED) is 0.823. The molecule has 2 N–H and O–H groups in total. The van der Waals surface area contributed by atoms with Crippen LogP contribution in [0, 0.1) is 5.92 Å². The zero-order chi connectivity index (χ0) is 13.0. The van der Waals surface area contributed by atoms with Gasteiger partial charge in [0, 0.05) is 37.9 Å². The van der Waals surface area contributed by atoms with Gasteiger partial charge in [-0.25, -0.2) is 0 Å². The Morgan fingerprint density at radius 1 is 1.59 bits per heavy atom. The summed E-state index contributed by atoms with van der Waals surface area (Å²) in [6.07, 6.45) is 3.71. The molecule has 0 radical (unpaired) electrons. The largest absolute Gasteiger partial charge is 0.338 e. The van der Waals surface area contributed by atoms with Gasteiger partial charge in [-0.15, -0.1) is 0 Å². The number of carbonyl (C=O) groups excluding carboxylic acids is 1. The van der Waals surface area contributed by atoms with Gasteiger partial charge in [0.1, 0.15) is 0 Å². The molecule has 0 aliphatic rings. The highest BCUT2D eigenvalue weighted by Gasteiger charge is 2.22. The van der Waals surface area contributed by atoms with Gasteiger partial charge >= 0.3 is 0 Å². The Morgan fingerprint density at radius 3 is 2.65 bits per heavy atom. The van der Waals surface area contributed by atoms with E-state index in [-0.39, 0.29) is 17.9 Å². The highest BCUT2D eigenvalue weighted by Crippen LogP contribution is 2.10. The van der Waals surface area contributed by atoms with Crippen molar-refractivity contribution in [2.45, 2.75) is 33.4 Å². The van der Waals surface area contributed by atoms with Crippen LogP contribution in [0.4, 0.5) is 0 Å². The molecule has 1 amide bonds. The minimum absolute atomic E-state index is 0.103. The number of amides is 1. The van der Waals surface area contributed by atoms with Crippen LogP contribution < -0.4 is 5.73 Å². The first-order valence-corrected chi connectivity index (χ1v) is 5.97. The molecule has 1 rings (SSSR count). The zero-order valence-corrected chi connectivity index (χ0v) is 11.1. The average Bonchev–Trinajstić information content (AvgIpc) is 2.69. The standard InChI is InChI=1S/C12H22N4O/c1-5-16(12(17)9(2)10(3)13)8-11-6-14-15(4)7-11/h6-7,9-10H,5,8,13H2,1-4H3. The molecule has 0 bridgehead atoms. The average molecular weight is 238 g/mol. The molecule has 0 saturated carbocycles. The predicted octanol–water partition coefficient (Wildman–Crippen LogP) is 0.752. The summed E-state index contributed by atoms with van der Waals surface area (Å²) in [5.74, 6) is -0.0435. The van der Waals surface area contributed by atoms with Crippen LogP contribution in [-0.2, 0) is 18.4 Å². The second-order valence-corrected chi connectivity index (χ2v) is 4.52. The molecule has 1 aromatic rings. The van der Waals surface area contributed by atoms with Crippen LogP contribution in [0.15, 0.2) is 12.4 Å².